The fraction of sp³-hybridized carbons (Fsp3) is 0.400. The summed E-state index contributed by atoms with van der Waals surface area (Å²) in [5.41, 5.74) is 4.86. The number of hydrogen-bond acceptors (Lipinski definition) is 3. The molecule has 82 valence electrons. The molecule has 0 aliphatic heterocycles. The van der Waals surface area contributed by atoms with Gasteiger partial charge in [0.25, 0.3) is 0 Å². The molecule has 0 saturated heterocycles. The number of nitrogens with one attached hydrogen (secondary N) is 1. The Morgan fingerprint density at radius 1 is 1.60 bits per heavy atom. The highest BCUT2D eigenvalue weighted by Crippen LogP contribution is 2.12. The molecule has 1 atom stereocenters. The monoisotopic (exact) mass is 210 g/mol. The third-order valence-corrected chi connectivity index (χ3v) is 2.14. The number of primary amides is 1. The van der Waals surface area contributed by atoms with Crippen LogP contribution in [0.1, 0.15) is 19.1 Å². The highest BCUT2D eigenvalue weighted by atomic mass is 16.3. The van der Waals surface area contributed by atoms with Crippen LogP contribution in [0.25, 0.3) is 0 Å². The highest BCUT2D eigenvalue weighted by molar-refractivity contribution is 5.94. The van der Waals surface area contributed by atoms with Crippen LogP contribution in [0.2, 0.25) is 0 Å². The predicted octanol–water partition coefficient (Wildman–Crippen LogP) is 1.04. The molecule has 0 bridgehead atoms. The molecule has 0 aromatic carbocycles. The average molecular weight is 210 g/mol. The molecule has 0 spiro atoms. The third kappa shape index (κ3) is 3.46. The Bertz CT molecular complexity index is 332. The van der Waals surface area contributed by atoms with Gasteiger partial charge in [-0.2, -0.15) is 0 Å². The molecule has 1 rings (SSSR count). The van der Waals surface area contributed by atoms with Crippen molar-refractivity contribution < 1.29 is 14.0 Å². The second kappa shape index (κ2) is 5.19. The van der Waals surface area contributed by atoms with Crippen molar-refractivity contribution in [2.24, 2.45) is 11.7 Å². The third-order valence-electron chi connectivity index (χ3n) is 2.14. The van der Waals surface area contributed by atoms with Crippen molar-refractivity contribution in [3.8, 4) is 0 Å². The van der Waals surface area contributed by atoms with E-state index in [-0.39, 0.29) is 11.8 Å². The van der Waals surface area contributed by atoms with Crippen LogP contribution in [0, 0.1) is 5.92 Å². The standard InChI is InChI=1S/C10H14N2O3/c1-2-7(9(13)12-10(11)14)6-8-4-3-5-15-8/h3-5,7H,2,6H2,1H3,(H3,11,12,13,14)/t7-/m0/s1. The normalized spacial score (nSPS) is 12.1. The van der Waals surface area contributed by atoms with Gasteiger partial charge in [0.2, 0.25) is 5.91 Å². The van der Waals surface area contributed by atoms with Crippen molar-refractivity contribution >= 4 is 11.9 Å². The number of furan rings is 1. The second-order valence-electron chi connectivity index (χ2n) is 3.24. The van der Waals surface area contributed by atoms with Gasteiger partial charge in [0.05, 0.1) is 6.26 Å². The van der Waals surface area contributed by atoms with Gasteiger partial charge in [-0.1, -0.05) is 6.92 Å². The van der Waals surface area contributed by atoms with E-state index < -0.39 is 6.03 Å². The van der Waals surface area contributed by atoms with E-state index in [1.54, 1.807) is 18.4 Å². The number of hydrogen-bond donors (Lipinski definition) is 2. The van der Waals surface area contributed by atoms with Gasteiger partial charge < -0.3 is 10.2 Å². The van der Waals surface area contributed by atoms with E-state index in [9.17, 15) is 9.59 Å². The van der Waals surface area contributed by atoms with E-state index in [2.05, 4.69) is 5.32 Å². The first-order chi connectivity index (χ1) is 7.13. The van der Waals surface area contributed by atoms with Gasteiger partial charge >= 0.3 is 6.03 Å². The highest BCUT2D eigenvalue weighted by Gasteiger charge is 2.19. The number of nitrogens with two attached hydrogens (primary N) is 1. The summed E-state index contributed by atoms with van der Waals surface area (Å²) in [6.07, 6.45) is 2.65. The lowest BCUT2D eigenvalue weighted by molar-refractivity contribution is -0.124. The minimum absolute atomic E-state index is 0.288. The fourth-order valence-electron chi connectivity index (χ4n) is 1.32. The van der Waals surface area contributed by atoms with Gasteiger partial charge in [-0.05, 0) is 18.6 Å². The zero-order valence-corrected chi connectivity index (χ0v) is 8.53. The van der Waals surface area contributed by atoms with Crippen LogP contribution < -0.4 is 11.1 Å². The largest absolute Gasteiger partial charge is 0.469 e. The van der Waals surface area contributed by atoms with Crippen LogP contribution in [0.15, 0.2) is 22.8 Å². The van der Waals surface area contributed by atoms with Crippen LogP contribution in [-0.4, -0.2) is 11.9 Å². The SMILES string of the molecule is CC[C@@H](Cc1ccco1)C(=O)NC(N)=O. The Morgan fingerprint density at radius 3 is 2.80 bits per heavy atom. The molecule has 0 aliphatic carbocycles. The molecule has 5 nitrogen and oxygen atoms in total. The lowest BCUT2D eigenvalue weighted by atomic mass is 10.00. The average Bonchev–Trinajstić information content (AvgIpc) is 2.65. The first-order valence-electron chi connectivity index (χ1n) is 4.76. The van der Waals surface area contributed by atoms with Gasteiger partial charge in [-0.3, -0.25) is 10.1 Å². The van der Waals surface area contributed by atoms with E-state index in [1.165, 1.54) is 0 Å². The summed E-state index contributed by atoms with van der Waals surface area (Å²) in [6.45, 7) is 1.87. The topological polar surface area (TPSA) is 85.3 Å². The molecule has 1 heterocycles. The lowest BCUT2D eigenvalue weighted by Gasteiger charge is -2.11. The van der Waals surface area contributed by atoms with Crippen molar-refractivity contribution in [2.75, 3.05) is 0 Å². The molecule has 0 fully saturated rings. The van der Waals surface area contributed by atoms with Crippen LogP contribution in [0.5, 0.6) is 0 Å². The van der Waals surface area contributed by atoms with Crippen molar-refractivity contribution in [2.45, 2.75) is 19.8 Å². The van der Waals surface area contributed by atoms with Crippen molar-refractivity contribution in [1.29, 1.82) is 0 Å². The predicted molar refractivity (Wildman–Crippen MR) is 53.9 cm³/mol. The van der Waals surface area contributed by atoms with Crippen LogP contribution in [0.4, 0.5) is 4.79 Å². The Kier molecular flexibility index (Phi) is 3.91. The van der Waals surface area contributed by atoms with Crippen molar-refractivity contribution in [1.82, 2.24) is 5.32 Å². The Hall–Kier alpha value is -1.78. The summed E-state index contributed by atoms with van der Waals surface area (Å²) in [4.78, 5) is 22.0. The Morgan fingerprint density at radius 2 is 2.33 bits per heavy atom. The van der Waals surface area contributed by atoms with Gasteiger partial charge in [0.15, 0.2) is 0 Å². The van der Waals surface area contributed by atoms with E-state index >= 15 is 0 Å². The lowest BCUT2D eigenvalue weighted by Crippen LogP contribution is -2.39. The number of carbonyl (C=O) groups is 2. The maximum atomic E-state index is 11.5. The molecule has 0 saturated carbocycles. The maximum Gasteiger partial charge on any atom is 0.318 e. The molecule has 5 heteroatoms. The van der Waals surface area contributed by atoms with Gasteiger partial charge in [0.1, 0.15) is 5.76 Å². The maximum absolute atomic E-state index is 11.5. The van der Waals surface area contributed by atoms with Crippen molar-refractivity contribution in [3.05, 3.63) is 24.2 Å². The molecule has 0 radical (unpaired) electrons. The number of urea groups is 1. The quantitative estimate of drug-likeness (QED) is 0.778. The molecule has 1 aromatic rings. The second-order valence-corrected chi connectivity index (χ2v) is 3.24. The number of amides is 3. The summed E-state index contributed by atoms with van der Waals surface area (Å²) < 4.78 is 5.12. The summed E-state index contributed by atoms with van der Waals surface area (Å²) in [5.74, 6) is 0.0755. The molecule has 0 aliphatic rings. The van der Waals surface area contributed by atoms with E-state index in [0.29, 0.717) is 12.8 Å². The molecule has 15 heavy (non-hydrogen) atoms. The number of imide groups is 1. The summed E-state index contributed by atoms with van der Waals surface area (Å²) >= 11 is 0. The van der Waals surface area contributed by atoms with Gasteiger partial charge in [-0.25, -0.2) is 4.79 Å². The van der Waals surface area contributed by atoms with Crippen LogP contribution in [0.3, 0.4) is 0 Å². The molecule has 3 N–H and O–H groups in total. The number of carbonyl (C=O) groups excluding carboxylic acids is 2. The first kappa shape index (κ1) is 11.3. The fourth-order valence-corrected chi connectivity index (χ4v) is 1.32. The Labute approximate surface area is 87.6 Å². The van der Waals surface area contributed by atoms with Crippen LogP contribution >= 0.6 is 0 Å². The minimum Gasteiger partial charge on any atom is -0.469 e. The molecule has 3 amide bonds. The van der Waals surface area contributed by atoms with Crippen LogP contribution in [-0.2, 0) is 11.2 Å². The summed E-state index contributed by atoms with van der Waals surface area (Å²) in [6, 6.07) is 2.73. The van der Waals surface area contributed by atoms with E-state index in [1.807, 2.05) is 6.92 Å². The first-order valence-corrected chi connectivity index (χ1v) is 4.76. The smallest absolute Gasteiger partial charge is 0.318 e. The number of rotatable bonds is 4. The molecular weight excluding hydrogens is 196 g/mol. The summed E-state index contributed by atoms with van der Waals surface area (Å²) in [7, 11) is 0. The molecule has 1 aromatic heterocycles. The molecule has 0 unspecified atom stereocenters. The molecular formula is C10H14N2O3. The van der Waals surface area contributed by atoms with Gasteiger partial charge in [0, 0.05) is 12.3 Å². The Balaban J connectivity index is 2.56. The summed E-state index contributed by atoms with van der Waals surface area (Å²) in [5, 5.41) is 2.06. The zero-order valence-electron chi connectivity index (χ0n) is 8.53. The van der Waals surface area contributed by atoms with Gasteiger partial charge in [-0.15, -0.1) is 0 Å². The van der Waals surface area contributed by atoms with Crippen molar-refractivity contribution in [3.63, 3.8) is 0 Å². The van der Waals surface area contributed by atoms with E-state index in [4.69, 9.17) is 10.2 Å². The van der Waals surface area contributed by atoms with E-state index in [0.717, 1.165) is 5.76 Å². The zero-order chi connectivity index (χ0) is 11.3. The minimum atomic E-state index is -0.821.